The third-order valence-electron chi connectivity index (χ3n) is 2.91. The second kappa shape index (κ2) is 5.61. The number of nitrogens with one attached hydrogen (secondary N) is 1. The summed E-state index contributed by atoms with van der Waals surface area (Å²) in [5.74, 6) is 0. The standard InChI is InChI=1S/C14H23NO3S/c1-10-6-7-12(14(3,4)5)8-13(10)19(17,18)15-9-11(2)16/h6-8,11,15-16H,9H2,1-5H3. The molecule has 0 aliphatic rings. The Hall–Kier alpha value is -0.910. The van der Waals surface area contributed by atoms with E-state index in [2.05, 4.69) is 4.72 Å². The Bertz CT molecular complexity index is 542. The van der Waals surface area contributed by atoms with Crippen LogP contribution in [0, 0.1) is 6.92 Å². The van der Waals surface area contributed by atoms with E-state index in [9.17, 15) is 13.5 Å². The molecule has 0 heterocycles. The number of aliphatic hydroxyl groups excluding tert-OH is 1. The van der Waals surface area contributed by atoms with E-state index in [0.29, 0.717) is 5.56 Å². The van der Waals surface area contributed by atoms with Crippen molar-refractivity contribution in [3.63, 3.8) is 0 Å². The van der Waals surface area contributed by atoms with Gasteiger partial charge in [0.1, 0.15) is 0 Å². The van der Waals surface area contributed by atoms with Gasteiger partial charge in [0, 0.05) is 6.54 Å². The van der Waals surface area contributed by atoms with Gasteiger partial charge in [-0.1, -0.05) is 32.9 Å². The molecule has 1 rings (SSSR count). The summed E-state index contributed by atoms with van der Waals surface area (Å²) in [5.41, 5.74) is 1.56. The molecule has 5 heteroatoms. The lowest BCUT2D eigenvalue weighted by atomic mass is 9.87. The summed E-state index contributed by atoms with van der Waals surface area (Å²) in [4.78, 5) is 0.278. The Kier molecular flexibility index (Phi) is 4.76. The number of benzene rings is 1. The smallest absolute Gasteiger partial charge is 0.240 e. The normalized spacial score (nSPS) is 14.4. The van der Waals surface area contributed by atoms with Crippen molar-refractivity contribution in [1.82, 2.24) is 4.72 Å². The Morgan fingerprint density at radius 1 is 1.32 bits per heavy atom. The Morgan fingerprint density at radius 2 is 1.89 bits per heavy atom. The summed E-state index contributed by atoms with van der Waals surface area (Å²) in [6, 6.07) is 5.47. The van der Waals surface area contributed by atoms with Crippen LogP contribution in [-0.4, -0.2) is 26.2 Å². The molecule has 0 aromatic heterocycles. The van der Waals surface area contributed by atoms with Crippen LogP contribution in [0.4, 0.5) is 0 Å². The first-order valence-corrected chi connectivity index (χ1v) is 7.81. The number of hydrogen-bond acceptors (Lipinski definition) is 3. The number of aliphatic hydroxyl groups is 1. The zero-order valence-corrected chi connectivity index (χ0v) is 13.0. The fourth-order valence-electron chi connectivity index (χ4n) is 1.66. The van der Waals surface area contributed by atoms with Crippen LogP contribution in [-0.2, 0) is 15.4 Å². The summed E-state index contributed by atoms with van der Waals surface area (Å²) in [6.07, 6.45) is -0.708. The first-order valence-electron chi connectivity index (χ1n) is 6.33. The van der Waals surface area contributed by atoms with Crippen molar-refractivity contribution in [2.24, 2.45) is 0 Å². The number of hydrogen-bond donors (Lipinski definition) is 2. The molecule has 1 aromatic carbocycles. The lowest BCUT2D eigenvalue weighted by Crippen LogP contribution is -2.31. The second-order valence-corrected chi connectivity index (χ2v) is 7.67. The van der Waals surface area contributed by atoms with Gasteiger partial charge < -0.3 is 5.11 Å². The molecule has 0 amide bonds. The topological polar surface area (TPSA) is 66.4 Å². The van der Waals surface area contributed by atoms with E-state index in [1.54, 1.807) is 19.9 Å². The molecule has 0 fully saturated rings. The Morgan fingerprint density at radius 3 is 2.37 bits per heavy atom. The molecule has 0 aliphatic carbocycles. The third kappa shape index (κ3) is 4.30. The summed E-state index contributed by atoms with van der Waals surface area (Å²) in [6.45, 7) is 9.44. The molecular weight excluding hydrogens is 262 g/mol. The van der Waals surface area contributed by atoms with Crippen LogP contribution in [0.1, 0.15) is 38.8 Å². The maximum atomic E-state index is 12.2. The fourth-order valence-corrected chi connectivity index (χ4v) is 3.05. The lowest BCUT2D eigenvalue weighted by Gasteiger charge is -2.21. The van der Waals surface area contributed by atoms with Crippen LogP contribution >= 0.6 is 0 Å². The first kappa shape index (κ1) is 16.1. The van der Waals surface area contributed by atoms with E-state index in [1.165, 1.54) is 0 Å². The molecule has 4 nitrogen and oxygen atoms in total. The van der Waals surface area contributed by atoms with Gasteiger partial charge in [0.05, 0.1) is 11.0 Å². The van der Waals surface area contributed by atoms with E-state index in [4.69, 9.17) is 0 Å². The maximum absolute atomic E-state index is 12.2. The minimum Gasteiger partial charge on any atom is -0.392 e. The van der Waals surface area contributed by atoms with Crippen molar-refractivity contribution in [1.29, 1.82) is 0 Å². The molecule has 19 heavy (non-hydrogen) atoms. The highest BCUT2D eigenvalue weighted by Crippen LogP contribution is 2.26. The zero-order chi connectivity index (χ0) is 14.8. The Balaban J connectivity index is 3.19. The van der Waals surface area contributed by atoms with Crippen LogP contribution in [0.2, 0.25) is 0 Å². The highest BCUT2D eigenvalue weighted by atomic mass is 32.2. The van der Waals surface area contributed by atoms with Gasteiger partial charge in [-0.25, -0.2) is 13.1 Å². The molecule has 108 valence electrons. The molecule has 1 unspecified atom stereocenters. The average molecular weight is 285 g/mol. The summed E-state index contributed by atoms with van der Waals surface area (Å²) < 4.78 is 26.8. The molecule has 1 aromatic rings. The second-order valence-electron chi connectivity index (χ2n) is 5.93. The zero-order valence-electron chi connectivity index (χ0n) is 12.2. The van der Waals surface area contributed by atoms with Gasteiger partial charge in [0.15, 0.2) is 0 Å². The van der Waals surface area contributed by atoms with Crippen LogP contribution in [0.3, 0.4) is 0 Å². The van der Waals surface area contributed by atoms with Crippen LogP contribution in [0.15, 0.2) is 23.1 Å². The predicted octanol–water partition coefficient (Wildman–Crippen LogP) is 1.95. The van der Waals surface area contributed by atoms with Gasteiger partial charge in [-0.05, 0) is 36.5 Å². The maximum Gasteiger partial charge on any atom is 0.240 e. The molecule has 0 saturated carbocycles. The molecule has 0 radical (unpaired) electrons. The summed E-state index contributed by atoms with van der Waals surface area (Å²) in [7, 11) is -3.58. The first-order chi connectivity index (χ1) is 8.54. The van der Waals surface area contributed by atoms with Gasteiger partial charge in [-0.2, -0.15) is 0 Å². The quantitative estimate of drug-likeness (QED) is 0.888. The van der Waals surface area contributed by atoms with Crippen molar-refractivity contribution in [2.45, 2.75) is 51.0 Å². The van der Waals surface area contributed by atoms with Gasteiger partial charge in [-0.15, -0.1) is 0 Å². The van der Waals surface area contributed by atoms with Crippen molar-refractivity contribution >= 4 is 10.0 Å². The minimum atomic E-state index is -3.58. The lowest BCUT2D eigenvalue weighted by molar-refractivity contribution is 0.198. The van der Waals surface area contributed by atoms with E-state index in [0.717, 1.165) is 5.56 Å². The van der Waals surface area contributed by atoms with Gasteiger partial charge >= 0.3 is 0 Å². The van der Waals surface area contributed by atoms with Crippen molar-refractivity contribution in [3.05, 3.63) is 29.3 Å². The Labute approximate surface area is 115 Å². The van der Waals surface area contributed by atoms with E-state index in [-0.39, 0.29) is 16.9 Å². The van der Waals surface area contributed by atoms with Gasteiger partial charge in [-0.3, -0.25) is 0 Å². The molecule has 0 bridgehead atoms. The van der Waals surface area contributed by atoms with Crippen LogP contribution in [0.5, 0.6) is 0 Å². The van der Waals surface area contributed by atoms with E-state index in [1.807, 2.05) is 32.9 Å². The molecular formula is C14H23NO3S. The highest BCUT2D eigenvalue weighted by Gasteiger charge is 2.21. The molecule has 1 atom stereocenters. The average Bonchev–Trinajstić information content (AvgIpc) is 2.25. The summed E-state index contributed by atoms with van der Waals surface area (Å²) >= 11 is 0. The monoisotopic (exact) mass is 285 g/mol. The minimum absolute atomic E-state index is 0.0154. The van der Waals surface area contributed by atoms with Gasteiger partial charge in [0.25, 0.3) is 0 Å². The molecule has 2 N–H and O–H groups in total. The van der Waals surface area contributed by atoms with Crippen molar-refractivity contribution in [3.8, 4) is 0 Å². The third-order valence-corrected chi connectivity index (χ3v) is 4.48. The molecule has 0 aliphatic heterocycles. The molecule has 0 spiro atoms. The SMILES string of the molecule is Cc1ccc(C(C)(C)C)cc1S(=O)(=O)NCC(C)O. The van der Waals surface area contributed by atoms with Gasteiger partial charge in [0.2, 0.25) is 10.0 Å². The largest absolute Gasteiger partial charge is 0.392 e. The van der Waals surface area contributed by atoms with E-state index < -0.39 is 16.1 Å². The van der Waals surface area contributed by atoms with E-state index >= 15 is 0 Å². The summed E-state index contributed by atoms with van der Waals surface area (Å²) in [5, 5.41) is 9.19. The predicted molar refractivity (Wildman–Crippen MR) is 76.7 cm³/mol. The number of aryl methyl sites for hydroxylation is 1. The highest BCUT2D eigenvalue weighted by molar-refractivity contribution is 7.89. The van der Waals surface area contributed by atoms with Crippen molar-refractivity contribution in [2.75, 3.05) is 6.54 Å². The van der Waals surface area contributed by atoms with Crippen LogP contribution in [0.25, 0.3) is 0 Å². The fraction of sp³-hybridized carbons (Fsp3) is 0.571. The number of sulfonamides is 1. The molecule has 0 saturated heterocycles. The van der Waals surface area contributed by atoms with Crippen LogP contribution < -0.4 is 4.72 Å². The van der Waals surface area contributed by atoms with Crippen molar-refractivity contribution < 1.29 is 13.5 Å². The number of rotatable bonds is 4.